The molecular formula is C18H24FN3. The molecule has 0 spiro atoms. The molecule has 1 atom stereocenters. The maximum atomic E-state index is 13.6. The summed E-state index contributed by atoms with van der Waals surface area (Å²) >= 11 is 0. The third-order valence-corrected chi connectivity index (χ3v) is 4.79. The lowest BCUT2D eigenvalue weighted by atomic mass is 9.98. The van der Waals surface area contributed by atoms with Crippen LogP contribution in [0.1, 0.15) is 34.5 Å². The van der Waals surface area contributed by atoms with Gasteiger partial charge in [-0.1, -0.05) is 12.1 Å². The van der Waals surface area contributed by atoms with E-state index in [4.69, 9.17) is 0 Å². The van der Waals surface area contributed by atoms with Gasteiger partial charge in [-0.25, -0.2) is 4.39 Å². The SMILES string of the molecule is Cc1ccc(CC2CCN(Cc3c(C)n[nH]c3C)C2)cc1F. The number of aryl methyl sites for hydroxylation is 3. The molecule has 2 aromatic rings. The number of aromatic amines is 1. The normalized spacial score (nSPS) is 19.0. The van der Waals surface area contributed by atoms with E-state index in [1.807, 2.05) is 13.0 Å². The second-order valence-corrected chi connectivity index (χ2v) is 6.59. The quantitative estimate of drug-likeness (QED) is 0.936. The van der Waals surface area contributed by atoms with Gasteiger partial charge in [0.2, 0.25) is 0 Å². The van der Waals surface area contributed by atoms with Crippen LogP contribution in [0.25, 0.3) is 0 Å². The number of H-pyrrole nitrogens is 1. The Morgan fingerprint density at radius 3 is 2.82 bits per heavy atom. The molecule has 3 nitrogen and oxygen atoms in total. The Kier molecular flexibility index (Phi) is 4.30. The number of nitrogens with one attached hydrogen (secondary N) is 1. The van der Waals surface area contributed by atoms with Crippen molar-refractivity contribution in [2.45, 2.75) is 40.2 Å². The van der Waals surface area contributed by atoms with Crippen molar-refractivity contribution in [1.82, 2.24) is 15.1 Å². The molecule has 1 unspecified atom stereocenters. The van der Waals surface area contributed by atoms with Crippen molar-refractivity contribution >= 4 is 0 Å². The third kappa shape index (κ3) is 3.22. The highest BCUT2D eigenvalue weighted by atomic mass is 19.1. The Bertz CT molecular complexity index is 643. The number of aromatic nitrogens is 2. The van der Waals surface area contributed by atoms with Gasteiger partial charge in [-0.2, -0.15) is 5.10 Å². The lowest BCUT2D eigenvalue weighted by molar-refractivity contribution is 0.315. The van der Waals surface area contributed by atoms with Crippen LogP contribution in [0.4, 0.5) is 4.39 Å². The number of hydrogen-bond acceptors (Lipinski definition) is 2. The first-order valence-corrected chi connectivity index (χ1v) is 8.00. The Morgan fingerprint density at radius 2 is 2.14 bits per heavy atom. The van der Waals surface area contributed by atoms with Crippen molar-refractivity contribution in [3.8, 4) is 0 Å². The molecule has 0 radical (unpaired) electrons. The van der Waals surface area contributed by atoms with Gasteiger partial charge in [0.1, 0.15) is 5.82 Å². The summed E-state index contributed by atoms with van der Waals surface area (Å²) in [4.78, 5) is 2.49. The largest absolute Gasteiger partial charge is 0.299 e. The molecular weight excluding hydrogens is 277 g/mol. The monoisotopic (exact) mass is 301 g/mol. The number of benzene rings is 1. The fourth-order valence-corrected chi connectivity index (χ4v) is 3.35. The molecule has 1 aliphatic rings. The molecule has 0 aliphatic carbocycles. The number of nitrogens with zero attached hydrogens (tertiary/aromatic N) is 2. The molecule has 0 bridgehead atoms. The van der Waals surface area contributed by atoms with Crippen LogP contribution >= 0.6 is 0 Å². The summed E-state index contributed by atoms with van der Waals surface area (Å²) in [5.74, 6) is 0.534. The van der Waals surface area contributed by atoms with Crippen LogP contribution in [0.15, 0.2) is 18.2 Å². The van der Waals surface area contributed by atoms with Crippen molar-refractivity contribution < 1.29 is 4.39 Å². The zero-order chi connectivity index (χ0) is 15.7. The minimum atomic E-state index is -0.0861. The van der Waals surface area contributed by atoms with Gasteiger partial charge in [-0.05, 0) is 63.3 Å². The van der Waals surface area contributed by atoms with Gasteiger partial charge in [-0.3, -0.25) is 10.00 Å². The van der Waals surface area contributed by atoms with E-state index < -0.39 is 0 Å². The van der Waals surface area contributed by atoms with E-state index in [0.29, 0.717) is 5.92 Å². The highest BCUT2D eigenvalue weighted by Gasteiger charge is 2.24. The second-order valence-electron chi connectivity index (χ2n) is 6.59. The summed E-state index contributed by atoms with van der Waals surface area (Å²) in [6.07, 6.45) is 2.16. The van der Waals surface area contributed by atoms with Crippen molar-refractivity contribution in [2.75, 3.05) is 13.1 Å². The zero-order valence-electron chi connectivity index (χ0n) is 13.6. The van der Waals surface area contributed by atoms with Gasteiger partial charge >= 0.3 is 0 Å². The fraction of sp³-hybridized carbons (Fsp3) is 0.500. The molecule has 1 aromatic carbocycles. The minimum Gasteiger partial charge on any atom is -0.299 e. The van der Waals surface area contributed by atoms with Crippen LogP contribution in [-0.4, -0.2) is 28.2 Å². The molecule has 1 saturated heterocycles. The molecule has 1 fully saturated rings. The highest BCUT2D eigenvalue weighted by Crippen LogP contribution is 2.24. The first-order chi connectivity index (χ1) is 10.5. The maximum absolute atomic E-state index is 13.6. The minimum absolute atomic E-state index is 0.0861. The lowest BCUT2D eigenvalue weighted by Gasteiger charge is -2.16. The summed E-state index contributed by atoms with van der Waals surface area (Å²) < 4.78 is 13.6. The standard InChI is InChI=1S/C18H24FN3/c1-12-4-5-15(9-18(12)19)8-16-6-7-22(10-16)11-17-13(2)20-21-14(17)3/h4-5,9,16H,6-8,10-11H2,1-3H3,(H,20,21). The first-order valence-electron chi connectivity index (χ1n) is 8.00. The van der Waals surface area contributed by atoms with E-state index in [2.05, 4.69) is 35.0 Å². The molecule has 22 heavy (non-hydrogen) atoms. The van der Waals surface area contributed by atoms with Gasteiger partial charge in [0, 0.05) is 24.3 Å². The van der Waals surface area contributed by atoms with Gasteiger partial charge < -0.3 is 0 Å². The van der Waals surface area contributed by atoms with E-state index in [-0.39, 0.29) is 5.82 Å². The smallest absolute Gasteiger partial charge is 0.126 e. The summed E-state index contributed by atoms with van der Waals surface area (Å²) in [5.41, 5.74) is 5.43. The predicted molar refractivity (Wildman–Crippen MR) is 86.3 cm³/mol. The van der Waals surface area contributed by atoms with E-state index >= 15 is 0 Å². The molecule has 1 aromatic heterocycles. The van der Waals surface area contributed by atoms with Gasteiger partial charge in [0.15, 0.2) is 0 Å². The molecule has 118 valence electrons. The van der Waals surface area contributed by atoms with E-state index in [9.17, 15) is 4.39 Å². The van der Waals surface area contributed by atoms with E-state index in [1.54, 1.807) is 6.07 Å². The van der Waals surface area contributed by atoms with Crippen LogP contribution in [0.5, 0.6) is 0 Å². The number of hydrogen-bond donors (Lipinski definition) is 1. The lowest BCUT2D eigenvalue weighted by Crippen LogP contribution is -2.21. The Labute approximate surface area is 131 Å². The number of rotatable bonds is 4. The Morgan fingerprint density at radius 1 is 1.32 bits per heavy atom. The maximum Gasteiger partial charge on any atom is 0.126 e. The van der Waals surface area contributed by atoms with Crippen molar-refractivity contribution in [3.05, 3.63) is 52.1 Å². The number of likely N-dealkylation sites (tertiary alicyclic amines) is 1. The molecule has 3 rings (SSSR count). The molecule has 1 N–H and O–H groups in total. The molecule has 0 amide bonds. The molecule has 2 heterocycles. The summed E-state index contributed by atoms with van der Waals surface area (Å²) in [5, 5.41) is 7.32. The van der Waals surface area contributed by atoms with Gasteiger partial charge in [0.05, 0.1) is 5.69 Å². The third-order valence-electron chi connectivity index (χ3n) is 4.79. The average Bonchev–Trinajstić information content (AvgIpc) is 3.05. The van der Waals surface area contributed by atoms with E-state index in [1.165, 1.54) is 17.7 Å². The summed E-state index contributed by atoms with van der Waals surface area (Å²) in [6, 6.07) is 5.64. The van der Waals surface area contributed by atoms with Crippen LogP contribution in [0.3, 0.4) is 0 Å². The summed E-state index contributed by atoms with van der Waals surface area (Å²) in [7, 11) is 0. The van der Waals surface area contributed by atoms with Gasteiger partial charge in [0.25, 0.3) is 0 Å². The van der Waals surface area contributed by atoms with E-state index in [0.717, 1.165) is 42.9 Å². The fourth-order valence-electron chi connectivity index (χ4n) is 3.35. The van der Waals surface area contributed by atoms with Gasteiger partial charge in [-0.15, -0.1) is 0 Å². The Balaban J connectivity index is 1.59. The van der Waals surface area contributed by atoms with Crippen LogP contribution in [0.2, 0.25) is 0 Å². The first kappa shape index (κ1) is 15.2. The average molecular weight is 301 g/mol. The zero-order valence-corrected chi connectivity index (χ0v) is 13.6. The molecule has 1 aliphatic heterocycles. The summed E-state index contributed by atoms with van der Waals surface area (Å²) in [6.45, 7) is 9.11. The number of halogens is 1. The topological polar surface area (TPSA) is 31.9 Å². The Hall–Kier alpha value is -1.68. The highest BCUT2D eigenvalue weighted by molar-refractivity contribution is 5.24. The van der Waals surface area contributed by atoms with Crippen molar-refractivity contribution in [1.29, 1.82) is 0 Å². The predicted octanol–water partition coefficient (Wildman–Crippen LogP) is 3.54. The van der Waals surface area contributed by atoms with Crippen LogP contribution < -0.4 is 0 Å². The van der Waals surface area contributed by atoms with Crippen molar-refractivity contribution in [2.24, 2.45) is 5.92 Å². The van der Waals surface area contributed by atoms with Crippen molar-refractivity contribution in [3.63, 3.8) is 0 Å². The molecule has 0 saturated carbocycles. The van der Waals surface area contributed by atoms with Crippen LogP contribution in [-0.2, 0) is 13.0 Å². The molecule has 4 heteroatoms. The van der Waals surface area contributed by atoms with Crippen LogP contribution in [0, 0.1) is 32.5 Å². The second kappa shape index (κ2) is 6.21.